The van der Waals surface area contributed by atoms with Crippen LogP contribution >= 0.6 is 0 Å². The molecular weight excluding hydrogens is 250 g/mol. The fourth-order valence-electron chi connectivity index (χ4n) is 2.59. The summed E-state index contributed by atoms with van der Waals surface area (Å²) in [6, 6.07) is 4.19. The fourth-order valence-corrected chi connectivity index (χ4v) is 2.59. The maximum atomic E-state index is 5.46. The van der Waals surface area contributed by atoms with E-state index in [4.69, 9.17) is 4.74 Å². The molecule has 0 aliphatic carbocycles. The molecule has 0 bridgehead atoms. The predicted octanol–water partition coefficient (Wildman–Crippen LogP) is 3.27. The first-order chi connectivity index (χ1) is 9.45. The molecule has 0 amide bonds. The molecule has 0 unspecified atom stereocenters. The minimum Gasteiger partial charge on any atom is -0.496 e. The van der Waals surface area contributed by atoms with Crippen LogP contribution in [0.1, 0.15) is 28.1 Å². The molecule has 0 radical (unpaired) electrons. The third-order valence-electron chi connectivity index (χ3n) is 3.92. The monoisotopic (exact) mass is 273 g/mol. The maximum absolute atomic E-state index is 5.46. The third kappa shape index (κ3) is 2.50. The molecule has 4 nitrogen and oxygen atoms in total. The number of aryl methyl sites for hydroxylation is 3. The zero-order valence-electron chi connectivity index (χ0n) is 13.2. The van der Waals surface area contributed by atoms with Crippen molar-refractivity contribution in [2.75, 3.05) is 12.4 Å². The van der Waals surface area contributed by atoms with Gasteiger partial charge in [-0.25, -0.2) is 0 Å². The van der Waals surface area contributed by atoms with Gasteiger partial charge in [-0.3, -0.25) is 4.68 Å². The van der Waals surface area contributed by atoms with Crippen LogP contribution in [0, 0.1) is 27.7 Å². The summed E-state index contributed by atoms with van der Waals surface area (Å²) >= 11 is 0. The highest BCUT2D eigenvalue weighted by Crippen LogP contribution is 2.29. The lowest BCUT2D eigenvalue weighted by molar-refractivity contribution is 0.409. The minimum atomic E-state index is 0.776. The molecule has 1 N–H and O–H groups in total. The number of nitrogens with zero attached hydrogens (tertiary/aromatic N) is 2. The van der Waals surface area contributed by atoms with Crippen LogP contribution in [0.4, 0.5) is 5.69 Å². The van der Waals surface area contributed by atoms with Crippen LogP contribution in [-0.4, -0.2) is 16.9 Å². The van der Waals surface area contributed by atoms with Crippen LogP contribution in [0.2, 0.25) is 0 Å². The van der Waals surface area contributed by atoms with Gasteiger partial charge in [-0.2, -0.15) is 5.10 Å². The Bertz CT molecular complexity index is 629. The summed E-state index contributed by atoms with van der Waals surface area (Å²) in [5, 5.41) is 7.94. The quantitative estimate of drug-likeness (QED) is 0.929. The van der Waals surface area contributed by atoms with Crippen molar-refractivity contribution < 1.29 is 4.74 Å². The predicted molar refractivity (Wildman–Crippen MR) is 82.5 cm³/mol. The molecule has 1 aromatic heterocycles. The van der Waals surface area contributed by atoms with Gasteiger partial charge in [-0.05, 0) is 39.3 Å². The van der Waals surface area contributed by atoms with Crippen LogP contribution in [0.3, 0.4) is 0 Å². The number of rotatable bonds is 4. The SMILES string of the molecule is COc1c(C)ccc(NCc2c(C)nn(C)c2C)c1C. The lowest BCUT2D eigenvalue weighted by atomic mass is 10.1. The van der Waals surface area contributed by atoms with Gasteiger partial charge in [-0.15, -0.1) is 0 Å². The topological polar surface area (TPSA) is 39.1 Å². The summed E-state index contributed by atoms with van der Waals surface area (Å²) in [5.74, 6) is 0.953. The highest BCUT2D eigenvalue weighted by molar-refractivity contribution is 5.59. The van der Waals surface area contributed by atoms with E-state index in [1.165, 1.54) is 11.3 Å². The largest absolute Gasteiger partial charge is 0.496 e. The Hall–Kier alpha value is -1.97. The Kier molecular flexibility index (Phi) is 4.02. The summed E-state index contributed by atoms with van der Waals surface area (Å²) < 4.78 is 7.39. The molecule has 4 heteroatoms. The molecule has 0 fully saturated rings. The van der Waals surface area contributed by atoms with Gasteiger partial charge in [0.1, 0.15) is 5.75 Å². The van der Waals surface area contributed by atoms with E-state index in [-0.39, 0.29) is 0 Å². The van der Waals surface area contributed by atoms with Crippen molar-refractivity contribution in [1.29, 1.82) is 0 Å². The first kappa shape index (κ1) is 14.4. The third-order valence-corrected chi connectivity index (χ3v) is 3.92. The van der Waals surface area contributed by atoms with E-state index in [0.717, 1.165) is 34.8 Å². The molecule has 1 heterocycles. The zero-order chi connectivity index (χ0) is 14.9. The van der Waals surface area contributed by atoms with Crippen molar-refractivity contribution >= 4 is 5.69 Å². The number of hydrogen-bond acceptors (Lipinski definition) is 3. The van der Waals surface area contributed by atoms with Gasteiger partial charge in [0, 0.05) is 36.1 Å². The van der Waals surface area contributed by atoms with Crippen molar-refractivity contribution in [3.8, 4) is 5.75 Å². The highest BCUT2D eigenvalue weighted by atomic mass is 16.5. The molecule has 0 saturated heterocycles. The van der Waals surface area contributed by atoms with Gasteiger partial charge in [-0.1, -0.05) is 6.07 Å². The Balaban J connectivity index is 2.23. The van der Waals surface area contributed by atoms with Crippen LogP contribution in [-0.2, 0) is 13.6 Å². The average Bonchev–Trinajstić information content (AvgIpc) is 2.64. The normalized spacial score (nSPS) is 10.7. The number of hydrogen-bond donors (Lipinski definition) is 1. The van der Waals surface area contributed by atoms with E-state index in [0.29, 0.717) is 0 Å². The van der Waals surface area contributed by atoms with Crippen molar-refractivity contribution in [2.24, 2.45) is 7.05 Å². The Morgan fingerprint density at radius 2 is 1.90 bits per heavy atom. The number of ether oxygens (including phenoxy) is 1. The number of anilines is 1. The Labute approximate surface area is 120 Å². The van der Waals surface area contributed by atoms with Crippen molar-refractivity contribution in [3.05, 3.63) is 40.2 Å². The smallest absolute Gasteiger partial charge is 0.126 e. The number of benzene rings is 1. The summed E-state index contributed by atoms with van der Waals surface area (Å²) in [7, 11) is 3.69. The van der Waals surface area contributed by atoms with E-state index in [2.05, 4.69) is 43.3 Å². The minimum absolute atomic E-state index is 0.776. The summed E-state index contributed by atoms with van der Waals surface area (Å²) in [6.07, 6.45) is 0. The first-order valence-corrected chi connectivity index (χ1v) is 6.82. The Morgan fingerprint density at radius 1 is 1.20 bits per heavy atom. The molecule has 1 aromatic carbocycles. The number of methoxy groups -OCH3 is 1. The highest BCUT2D eigenvalue weighted by Gasteiger charge is 2.11. The number of aromatic nitrogens is 2. The van der Waals surface area contributed by atoms with Crippen LogP contribution in [0.5, 0.6) is 5.75 Å². The van der Waals surface area contributed by atoms with Gasteiger partial charge in [0.25, 0.3) is 0 Å². The molecule has 0 atom stereocenters. The average molecular weight is 273 g/mol. The second kappa shape index (κ2) is 5.57. The molecule has 0 spiro atoms. The summed E-state index contributed by atoms with van der Waals surface area (Å²) in [4.78, 5) is 0. The second-order valence-electron chi connectivity index (χ2n) is 5.21. The van der Waals surface area contributed by atoms with Gasteiger partial charge in [0.05, 0.1) is 12.8 Å². The fraction of sp³-hybridized carbons (Fsp3) is 0.438. The second-order valence-corrected chi connectivity index (χ2v) is 5.21. The molecule has 108 valence electrons. The van der Waals surface area contributed by atoms with Crippen LogP contribution < -0.4 is 10.1 Å². The summed E-state index contributed by atoms with van der Waals surface area (Å²) in [5.41, 5.74) is 6.94. The van der Waals surface area contributed by atoms with E-state index < -0.39 is 0 Å². The van der Waals surface area contributed by atoms with E-state index in [1.807, 2.05) is 18.7 Å². The Morgan fingerprint density at radius 3 is 2.45 bits per heavy atom. The molecular formula is C16H23N3O. The van der Waals surface area contributed by atoms with E-state index >= 15 is 0 Å². The van der Waals surface area contributed by atoms with E-state index in [1.54, 1.807) is 7.11 Å². The molecule has 0 saturated carbocycles. The van der Waals surface area contributed by atoms with Crippen molar-refractivity contribution in [1.82, 2.24) is 9.78 Å². The van der Waals surface area contributed by atoms with Crippen molar-refractivity contribution in [2.45, 2.75) is 34.2 Å². The van der Waals surface area contributed by atoms with Gasteiger partial charge in [0.2, 0.25) is 0 Å². The van der Waals surface area contributed by atoms with Crippen LogP contribution in [0.25, 0.3) is 0 Å². The first-order valence-electron chi connectivity index (χ1n) is 6.82. The molecule has 0 aliphatic heterocycles. The maximum Gasteiger partial charge on any atom is 0.126 e. The standard InChI is InChI=1S/C16H23N3O/c1-10-7-8-15(11(2)16(10)20-6)17-9-14-12(3)18-19(5)13(14)4/h7-8,17H,9H2,1-6H3. The summed E-state index contributed by atoms with van der Waals surface area (Å²) in [6.45, 7) is 9.06. The van der Waals surface area contributed by atoms with E-state index in [9.17, 15) is 0 Å². The van der Waals surface area contributed by atoms with Gasteiger partial charge >= 0.3 is 0 Å². The molecule has 20 heavy (non-hydrogen) atoms. The molecule has 2 rings (SSSR count). The van der Waals surface area contributed by atoms with Crippen molar-refractivity contribution in [3.63, 3.8) is 0 Å². The number of nitrogens with one attached hydrogen (secondary N) is 1. The molecule has 0 aliphatic rings. The van der Waals surface area contributed by atoms with Gasteiger partial charge in [0.15, 0.2) is 0 Å². The zero-order valence-corrected chi connectivity index (χ0v) is 13.2. The molecule has 2 aromatic rings. The lowest BCUT2D eigenvalue weighted by Gasteiger charge is -2.15. The van der Waals surface area contributed by atoms with Gasteiger partial charge < -0.3 is 10.1 Å². The lowest BCUT2D eigenvalue weighted by Crippen LogP contribution is -2.05. The van der Waals surface area contributed by atoms with Crippen LogP contribution in [0.15, 0.2) is 12.1 Å².